The number of aromatic nitrogens is 2. The van der Waals surface area contributed by atoms with Gasteiger partial charge in [-0.25, -0.2) is 9.18 Å². The molecule has 2 N–H and O–H groups in total. The summed E-state index contributed by atoms with van der Waals surface area (Å²) in [5, 5.41) is 10.1. The highest BCUT2D eigenvalue weighted by Gasteiger charge is 2.14. The van der Waals surface area contributed by atoms with Crippen molar-refractivity contribution in [2.45, 2.75) is 40.2 Å². The lowest BCUT2D eigenvalue weighted by Gasteiger charge is -2.08. The number of rotatable bonds is 6. The van der Waals surface area contributed by atoms with E-state index in [-0.39, 0.29) is 11.8 Å². The van der Waals surface area contributed by atoms with E-state index in [1.165, 1.54) is 12.1 Å². The Hall–Kier alpha value is -2.37. The van der Waals surface area contributed by atoms with E-state index in [9.17, 15) is 9.18 Å². The zero-order valence-corrected chi connectivity index (χ0v) is 13.8. The molecule has 124 valence electrons. The minimum absolute atomic E-state index is 0.217. The van der Waals surface area contributed by atoms with Gasteiger partial charge in [-0.05, 0) is 38.0 Å². The normalized spacial score (nSPS) is 10.6. The maximum absolute atomic E-state index is 13.0. The Balaban J connectivity index is 2.06. The maximum atomic E-state index is 13.0. The van der Waals surface area contributed by atoms with Crippen LogP contribution >= 0.6 is 0 Å². The first-order chi connectivity index (χ1) is 11.0. The van der Waals surface area contributed by atoms with Gasteiger partial charge < -0.3 is 10.6 Å². The van der Waals surface area contributed by atoms with E-state index in [2.05, 4.69) is 22.7 Å². The van der Waals surface area contributed by atoms with E-state index in [1.807, 2.05) is 18.5 Å². The van der Waals surface area contributed by atoms with Crippen LogP contribution in [0.1, 0.15) is 36.7 Å². The minimum Gasteiger partial charge on any atom is -0.338 e. The molecule has 1 heterocycles. The molecule has 2 amide bonds. The molecule has 0 aliphatic heterocycles. The highest BCUT2D eigenvalue weighted by Crippen LogP contribution is 2.20. The molecule has 1 aromatic carbocycles. The van der Waals surface area contributed by atoms with Crippen LogP contribution in [-0.4, -0.2) is 22.4 Å². The zero-order valence-electron chi connectivity index (χ0n) is 13.8. The third-order valence-electron chi connectivity index (χ3n) is 3.68. The van der Waals surface area contributed by atoms with Crippen molar-refractivity contribution in [1.82, 2.24) is 15.1 Å². The Morgan fingerprint density at radius 2 is 1.96 bits per heavy atom. The number of hydrogen-bond acceptors (Lipinski definition) is 2. The van der Waals surface area contributed by atoms with E-state index in [4.69, 9.17) is 0 Å². The van der Waals surface area contributed by atoms with Crippen molar-refractivity contribution in [2.75, 3.05) is 11.9 Å². The molecule has 5 nitrogen and oxygen atoms in total. The highest BCUT2D eigenvalue weighted by atomic mass is 19.1. The molecule has 0 aliphatic rings. The second-order valence-corrected chi connectivity index (χ2v) is 5.56. The molecule has 0 saturated heterocycles. The van der Waals surface area contributed by atoms with E-state index in [0.717, 1.165) is 35.5 Å². The summed E-state index contributed by atoms with van der Waals surface area (Å²) >= 11 is 0. The Morgan fingerprint density at radius 1 is 1.26 bits per heavy atom. The number of amides is 2. The number of anilines is 1. The Bertz CT molecular complexity index is 664. The lowest BCUT2D eigenvalue weighted by molar-refractivity contribution is 0.252. The molecular weight excluding hydrogens is 295 g/mol. The van der Waals surface area contributed by atoms with Crippen LogP contribution in [-0.2, 0) is 6.54 Å². The maximum Gasteiger partial charge on any atom is 0.319 e. The number of benzene rings is 1. The average molecular weight is 318 g/mol. The number of carbonyl (C=O) groups excluding carboxylic acids is 1. The third-order valence-corrected chi connectivity index (χ3v) is 3.68. The van der Waals surface area contributed by atoms with Crippen LogP contribution in [0.2, 0.25) is 0 Å². The molecule has 1 aromatic heterocycles. The fourth-order valence-electron chi connectivity index (χ4n) is 2.33. The Kier molecular flexibility index (Phi) is 5.73. The molecule has 23 heavy (non-hydrogen) atoms. The first-order valence-corrected chi connectivity index (χ1v) is 7.84. The van der Waals surface area contributed by atoms with E-state index >= 15 is 0 Å². The van der Waals surface area contributed by atoms with Crippen molar-refractivity contribution in [3.8, 4) is 0 Å². The smallest absolute Gasteiger partial charge is 0.319 e. The van der Waals surface area contributed by atoms with Gasteiger partial charge in [-0.1, -0.05) is 25.5 Å². The number of nitrogens with zero attached hydrogens (tertiary/aromatic N) is 2. The summed E-state index contributed by atoms with van der Waals surface area (Å²) in [6, 6.07) is 6.11. The zero-order chi connectivity index (χ0) is 16.8. The number of unbranched alkanes of at least 4 members (excludes halogenated alkanes) is 1. The van der Waals surface area contributed by atoms with Gasteiger partial charge in [0.15, 0.2) is 0 Å². The van der Waals surface area contributed by atoms with Gasteiger partial charge in [0.2, 0.25) is 0 Å². The first kappa shape index (κ1) is 17.0. The second kappa shape index (κ2) is 7.76. The molecule has 0 atom stereocenters. The number of nitrogens with one attached hydrogen (secondary N) is 2. The van der Waals surface area contributed by atoms with Crippen molar-refractivity contribution in [2.24, 2.45) is 0 Å². The molecule has 2 rings (SSSR count). The first-order valence-electron chi connectivity index (χ1n) is 7.84. The summed E-state index contributed by atoms with van der Waals surface area (Å²) in [7, 11) is 0. The van der Waals surface area contributed by atoms with Crippen LogP contribution in [0.5, 0.6) is 0 Å². The molecule has 0 radical (unpaired) electrons. The van der Waals surface area contributed by atoms with E-state index in [0.29, 0.717) is 13.1 Å². The van der Waals surface area contributed by atoms with Crippen LogP contribution in [0, 0.1) is 19.7 Å². The van der Waals surface area contributed by atoms with Gasteiger partial charge in [0, 0.05) is 6.54 Å². The van der Waals surface area contributed by atoms with Gasteiger partial charge in [0.05, 0.1) is 23.6 Å². The molecule has 0 aliphatic carbocycles. The number of hydrogen-bond donors (Lipinski definition) is 2. The van der Waals surface area contributed by atoms with Crippen molar-refractivity contribution >= 4 is 11.7 Å². The lowest BCUT2D eigenvalue weighted by Crippen LogP contribution is -2.29. The quantitative estimate of drug-likeness (QED) is 0.799. The summed E-state index contributed by atoms with van der Waals surface area (Å²) in [6.45, 7) is 7.03. The predicted octanol–water partition coefficient (Wildman–Crippen LogP) is 3.61. The van der Waals surface area contributed by atoms with Crippen molar-refractivity contribution < 1.29 is 9.18 Å². The number of aryl methyl sites for hydroxylation is 1. The summed E-state index contributed by atoms with van der Waals surface area (Å²) in [6.07, 6.45) is 1.99. The van der Waals surface area contributed by atoms with E-state index in [1.54, 1.807) is 12.1 Å². The molecule has 0 unspecified atom stereocenters. The summed E-state index contributed by atoms with van der Waals surface area (Å²) in [5.74, 6) is -0.256. The molecule has 6 heteroatoms. The second-order valence-electron chi connectivity index (χ2n) is 5.56. The minimum atomic E-state index is -0.256. The van der Waals surface area contributed by atoms with Gasteiger partial charge in [-0.3, -0.25) is 4.68 Å². The highest BCUT2D eigenvalue weighted by molar-refractivity contribution is 5.90. The molecule has 0 spiro atoms. The molecule has 0 saturated carbocycles. The van der Waals surface area contributed by atoms with Gasteiger partial charge in [-0.15, -0.1) is 0 Å². The van der Waals surface area contributed by atoms with Crippen LogP contribution in [0.15, 0.2) is 24.3 Å². The predicted molar refractivity (Wildman–Crippen MR) is 89.1 cm³/mol. The summed E-state index contributed by atoms with van der Waals surface area (Å²) in [5.41, 5.74) is 3.31. The Morgan fingerprint density at radius 3 is 2.61 bits per heavy atom. The van der Waals surface area contributed by atoms with Crippen LogP contribution < -0.4 is 10.6 Å². The van der Waals surface area contributed by atoms with Crippen molar-refractivity contribution in [1.29, 1.82) is 0 Å². The van der Waals surface area contributed by atoms with Crippen LogP contribution in [0.3, 0.4) is 0 Å². The number of urea groups is 1. The van der Waals surface area contributed by atoms with Gasteiger partial charge in [0.1, 0.15) is 5.82 Å². The molecular formula is C17H23FN4O. The SMILES string of the molecule is CCCCNC(=O)Nc1c(C)nn(Cc2ccc(F)cc2)c1C. The molecule has 0 bridgehead atoms. The summed E-state index contributed by atoms with van der Waals surface area (Å²) in [4.78, 5) is 11.9. The fourth-order valence-corrected chi connectivity index (χ4v) is 2.33. The lowest BCUT2D eigenvalue weighted by atomic mass is 10.2. The van der Waals surface area contributed by atoms with Gasteiger partial charge >= 0.3 is 6.03 Å². The molecule has 0 fully saturated rings. The van der Waals surface area contributed by atoms with Crippen LogP contribution in [0.4, 0.5) is 14.9 Å². The largest absolute Gasteiger partial charge is 0.338 e. The van der Waals surface area contributed by atoms with Crippen molar-refractivity contribution in [3.05, 3.63) is 47.0 Å². The fraction of sp³-hybridized carbons (Fsp3) is 0.412. The third kappa shape index (κ3) is 4.55. The van der Waals surface area contributed by atoms with Gasteiger partial charge in [0.25, 0.3) is 0 Å². The average Bonchev–Trinajstić information content (AvgIpc) is 2.77. The van der Waals surface area contributed by atoms with E-state index < -0.39 is 0 Å². The standard InChI is InChI=1S/C17H23FN4O/c1-4-5-10-19-17(23)20-16-12(2)21-22(13(16)3)11-14-6-8-15(18)9-7-14/h6-9H,4-5,10-11H2,1-3H3,(H2,19,20,23). The number of halogens is 1. The van der Waals surface area contributed by atoms with Gasteiger partial charge in [-0.2, -0.15) is 5.10 Å². The molecule has 2 aromatic rings. The van der Waals surface area contributed by atoms with Crippen molar-refractivity contribution in [3.63, 3.8) is 0 Å². The monoisotopic (exact) mass is 318 g/mol. The topological polar surface area (TPSA) is 59.0 Å². The van der Waals surface area contributed by atoms with Crippen LogP contribution in [0.25, 0.3) is 0 Å². The number of carbonyl (C=O) groups is 1. The summed E-state index contributed by atoms with van der Waals surface area (Å²) < 4.78 is 14.8. The Labute approximate surface area is 135 Å².